The smallest absolute Gasteiger partial charge is 0.364 e. The summed E-state index contributed by atoms with van der Waals surface area (Å²) in [5.74, 6) is -10.2. The molecule has 34 N–H and O–H groups in total. The molecule has 5 amide bonds. The lowest BCUT2D eigenvalue weighted by molar-refractivity contribution is -0.409. The summed E-state index contributed by atoms with van der Waals surface area (Å²) in [4.78, 5) is 77.5. The molecule has 58 heteroatoms. The van der Waals surface area contributed by atoms with Gasteiger partial charge in [0.1, 0.15) is 226 Å². The molecule has 9 aliphatic rings. The summed E-state index contributed by atoms with van der Waals surface area (Å²) in [6.07, 6.45) is -100. The fourth-order valence-corrected chi connectivity index (χ4v) is 16.5. The highest BCUT2D eigenvalue weighted by Crippen LogP contribution is 2.42. The van der Waals surface area contributed by atoms with E-state index in [1.54, 1.807) is 0 Å². The van der Waals surface area contributed by atoms with Crippen LogP contribution in [0.5, 0.6) is 0 Å². The Labute approximate surface area is 742 Å². The molecule has 0 aliphatic carbocycles. The number of carboxylic acids is 1. The predicted molar refractivity (Wildman–Crippen MR) is 406 cm³/mol. The van der Waals surface area contributed by atoms with E-state index in [1.165, 1.54) is 6.92 Å². The van der Waals surface area contributed by atoms with Gasteiger partial charge in [-0.2, -0.15) is 0 Å². The van der Waals surface area contributed by atoms with Crippen LogP contribution < -0.4 is 26.6 Å². The van der Waals surface area contributed by atoms with Gasteiger partial charge in [-0.05, 0) is 6.92 Å². The van der Waals surface area contributed by atoms with Gasteiger partial charge in [0, 0.05) is 41.0 Å². The van der Waals surface area contributed by atoms with Gasteiger partial charge in [-0.1, -0.05) is 0 Å². The van der Waals surface area contributed by atoms with Crippen LogP contribution in [0.3, 0.4) is 0 Å². The van der Waals surface area contributed by atoms with Gasteiger partial charge in [0.15, 0.2) is 50.3 Å². The molecule has 0 saturated carbocycles. The molecule has 9 heterocycles. The first-order chi connectivity index (χ1) is 61.7. The van der Waals surface area contributed by atoms with Crippen molar-refractivity contribution in [2.45, 2.75) is 354 Å². The lowest BCUT2D eigenvalue weighted by Crippen LogP contribution is -2.71. The van der Waals surface area contributed by atoms with Crippen LogP contribution in [-0.4, -0.2) is 556 Å². The second kappa shape index (κ2) is 48.0. The molecule has 0 aromatic heterocycles. The van der Waals surface area contributed by atoms with Crippen molar-refractivity contribution in [1.29, 1.82) is 0 Å². The van der Waals surface area contributed by atoms with E-state index in [4.69, 9.17) is 85.3 Å². The Hall–Kier alpha value is -5.02. The van der Waals surface area contributed by atoms with Crippen molar-refractivity contribution in [1.82, 2.24) is 26.6 Å². The number of aliphatic carboxylic acids is 1. The van der Waals surface area contributed by atoms with Gasteiger partial charge in [-0.15, -0.1) is 0 Å². The lowest BCUT2D eigenvalue weighted by atomic mass is 9.88. The lowest BCUT2D eigenvalue weighted by Gasteiger charge is -2.52. The summed E-state index contributed by atoms with van der Waals surface area (Å²) < 4.78 is 109. The molecule has 131 heavy (non-hydrogen) atoms. The summed E-state index contributed by atoms with van der Waals surface area (Å²) in [5.41, 5.74) is 0. The normalized spacial score (nSPS) is 45.0. The highest BCUT2D eigenvalue weighted by atomic mass is 16.8. The van der Waals surface area contributed by atoms with Crippen LogP contribution >= 0.6 is 0 Å². The molecule has 0 radical (unpaired) electrons. The Morgan fingerprint density at radius 2 is 0.748 bits per heavy atom. The van der Waals surface area contributed by atoms with Gasteiger partial charge in [0.2, 0.25) is 29.5 Å². The second-order valence-electron chi connectivity index (χ2n) is 32.9. The number of rotatable bonds is 39. The van der Waals surface area contributed by atoms with E-state index in [-0.39, 0.29) is 0 Å². The van der Waals surface area contributed by atoms with Crippen molar-refractivity contribution in [3.05, 3.63) is 0 Å². The monoisotopic (exact) mass is 1920 g/mol. The molecule has 0 aromatic carbocycles. The Bertz CT molecular complexity index is 3610. The third-order valence-electron chi connectivity index (χ3n) is 23.5. The highest BCUT2D eigenvalue weighted by Gasteiger charge is 2.63. The van der Waals surface area contributed by atoms with Crippen LogP contribution in [-0.2, 0) is 114 Å². The maximum Gasteiger partial charge on any atom is 0.364 e. The number of amides is 5. The molecular weight excluding hydrogens is 1790 g/mol. The van der Waals surface area contributed by atoms with E-state index in [9.17, 15) is 177 Å². The highest BCUT2D eigenvalue weighted by molar-refractivity contribution is 5.77. The van der Waals surface area contributed by atoms with Crippen LogP contribution in [0.2, 0.25) is 0 Å². The topological polar surface area (TPSA) is 915 Å². The van der Waals surface area contributed by atoms with E-state index in [2.05, 4.69) is 26.6 Å². The van der Waals surface area contributed by atoms with Crippen LogP contribution in [0.25, 0.3) is 0 Å². The van der Waals surface area contributed by atoms with Crippen molar-refractivity contribution in [3.8, 4) is 0 Å². The largest absolute Gasteiger partial charge is 0.477 e. The number of aliphatic hydroxyl groups excluding tert-OH is 28. The number of nitrogens with one attached hydrogen (secondary N) is 5. The SMILES string of the molecule is CC(=O)N[C@H]1[C@H](O[C@@H]([C@H](O)[C@H](CO)NC(C)=O)[C@H](O)CO)O[C@H](CO)[C@@H](O[C@@H]2O[C@H](CO[C@H]3O[C@H](CO)[C@@H](O)[C@H](O)[C@@H]3O)[C@@H](O[C@@H]3O[C@H](CO)[C@@H](O)[C@H](O)[C@H]3NC(C)=O)[C@H](O[C@H]3O[C@H](CO)[C@@H](O)[C@H](O)[C@@H]3O[C@@H]3O[C@H](CO)[C@@H](O[C@@H]4O[C@H](CO[C@]5(C(=O)O)C[C@H](O)[C@@H](NC(C)=O)[C@H]([C@H](O)[C@H](O)CO)O5)[C@H](O)[C@H](O)[C@H]4O[C@@H]4O[C@@H](C)[C@@H](O)[C@@H](O)[C@@H]4O)[C@H](O)[C@H]3NC(C)=O)[C@@H]2O)[C@@H]1O. The van der Waals surface area contributed by atoms with E-state index in [0.717, 1.165) is 34.6 Å². The first kappa shape index (κ1) is 110. The minimum Gasteiger partial charge on any atom is -0.477 e. The average molecular weight is 1920 g/mol. The molecule has 50 atom stereocenters. The average Bonchev–Trinajstić information content (AvgIpc) is 0.762. The van der Waals surface area contributed by atoms with Gasteiger partial charge in [0.25, 0.3) is 5.79 Å². The standard InChI is InChI=1S/C73H123N5O53/c1-18-39(95)49(105)54(110)68(116-18)130-63-52(108)45(101)33(17-115-73(72(112)113)7-25(92)35(75-20(3)88)60(131-73)41(97)26(93)9-80)122-71(63)126-58-32(15-86)121-66(38(48(58)104)78-23(6)91)129-62-51(107)44(100)30(13-84)119-70(62)128-61-55(111)69(125-57-31(14-85)120-65(37(47(57)103)77-22(5)90)124-56(27(94)10-81)40(96)24(8-79)74-19(2)87)123-34(16-114-67-53(109)50(106)43(99)29(12-83)118-67)59(61)127-64-36(76-21(4)89)46(102)42(98)28(11-82)117-64/h18,24-71,79-86,92-111H,7-17H2,1-6H3,(H,74,87)(H,75,88)(H,76,89)(H,77,90)(H,78,91)(H,112,113)/t18-,24-,25-,26+,27+,28+,29+,30+,31+,32+,33+,34+,35+,36+,37+,38+,39+,40+,41+,42+,43+,44+,45-,46+,47+,48+,49+,50-,51-,52-,53-,54-,55-,56+,57+,58+,59+,60+,61+,62-,63+,64-,65-,66-,67-,68-,69-,70+,71-,73+/m0/s1. The molecule has 9 saturated heterocycles. The number of carboxylic acid groups (broad SMARTS) is 1. The van der Waals surface area contributed by atoms with E-state index in [0.29, 0.717) is 0 Å². The zero-order valence-corrected chi connectivity index (χ0v) is 70.8. The van der Waals surface area contributed by atoms with E-state index in [1.807, 2.05) is 0 Å². The number of aliphatic hydroxyl groups is 28. The number of ether oxygens (including phenoxy) is 18. The molecule has 58 nitrogen and oxygen atoms in total. The van der Waals surface area contributed by atoms with E-state index >= 15 is 0 Å². The van der Waals surface area contributed by atoms with Gasteiger partial charge >= 0.3 is 5.97 Å². The Morgan fingerprint density at radius 3 is 1.24 bits per heavy atom. The van der Waals surface area contributed by atoms with Crippen molar-refractivity contribution in [2.75, 3.05) is 66.1 Å². The molecular formula is C73H123N5O53. The second-order valence-corrected chi connectivity index (χ2v) is 32.9. The Balaban J connectivity index is 1.12. The van der Waals surface area contributed by atoms with Crippen LogP contribution in [0, 0.1) is 0 Å². The van der Waals surface area contributed by atoms with Gasteiger partial charge in [-0.25, -0.2) is 4.79 Å². The third kappa shape index (κ3) is 25.2. The van der Waals surface area contributed by atoms with Crippen molar-refractivity contribution < 1.29 is 262 Å². The van der Waals surface area contributed by atoms with Gasteiger partial charge < -0.3 is 260 Å². The number of carbonyl (C=O) groups is 6. The Kier molecular flexibility index (Phi) is 40.2. The minimum absolute atomic E-state index is 0.829. The van der Waals surface area contributed by atoms with E-state index < -0.39 is 414 Å². The fourth-order valence-electron chi connectivity index (χ4n) is 16.5. The summed E-state index contributed by atoms with van der Waals surface area (Å²) in [6.45, 7) is -6.62. The van der Waals surface area contributed by atoms with Crippen LogP contribution in [0.4, 0.5) is 0 Å². The predicted octanol–water partition coefficient (Wildman–Crippen LogP) is -22.2. The Morgan fingerprint density at radius 1 is 0.359 bits per heavy atom. The number of hydrogen-bond acceptors (Lipinski definition) is 52. The molecule has 9 aliphatic heterocycles. The zero-order valence-electron chi connectivity index (χ0n) is 70.8. The summed E-state index contributed by atoms with van der Waals surface area (Å²) in [5, 5.41) is 337. The van der Waals surface area contributed by atoms with Gasteiger partial charge in [-0.3, -0.25) is 24.0 Å². The maximum atomic E-state index is 13.6. The van der Waals surface area contributed by atoms with Crippen molar-refractivity contribution in [3.63, 3.8) is 0 Å². The molecule has 758 valence electrons. The summed E-state index contributed by atoms with van der Waals surface area (Å²) >= 11 is 0. The van der Waals surface area contributed by atoms with Crippen molar-refractivity contribution >= 4 is 35.5 Å². The molecule has 0 bridgehead atoms. The molecule has 9 fully saturated rings. The maximum absolute atomic E-state index is 13.6. The zero-order chi connectivity index (χ0) is 97.3. The molecule has 0 unspecified atom stereocenters. The first-order valence-electron chi connectivity index (χ1n) is 41.5. The first-order valence-corrected chi connectivity index (χ1v) is 41.5. The molecule has 9 rings (SSSR count). The molecule has 0 spiro atoms. The summed E-state index contributed by atoms with van der Waals surface area (Å²) in [6, 6.07) is -9.75. The van der Waals surface area contributed by atoms with Gasteiger partial charge in [0.05, 0.1) is 90.4 Å². The minimum atomic E-state index is -3.20. The van der Waals surface area contributed by atoms with Crippen molar-refractivity contribution in [2.24, 2.45) is 0 Å². The third-order valence-corrected chi connectivity index (χ3v) is 23.5. The summed E-state index contributed by atoms with van der Waals surface area (Å²) in [7, 11) is 0. The number of hydrogen-bond donors (Lipinski definition) is 34. The fraction of sp³-hybridized carbons (Fsp3) is 0.918. The van der Waals surface area contributed by atoms with Crippen LogP contribution in [0.1, 0.15) is 48.0 Å². The quantitative estimate of drug-likeness (QED) is 0.0272. The number of carbonyl (C=O) groups excluding carboxylic acids is 5. The molecule has 0 aromatic rings. The van der Waals surface area contributed by atoms with Crippen LogP contribution in [0.15, 0.2) is 0 Å².